The van der Waals surface area contributed by atoms with Gasteiger partial charge in [-0.05, 0) is 24.8 Å². The fourth-order valence-corrected chi connectivity index (χ4v) is 2.82. The van der Waals surface area contributed by atoms with E-state index in [0.29, 0.717) is 12.3 Å². The highest BCUT2D eigenvalue weighted by molar-refractivity contribution is 5.80. The van der Waals surface area contributed by atoms with Gasteiger partial charge in [-0.2, -0.15) is 0 Å². The third kappa shape index (κ3) is 2.53. The number of rotatable bonds is 2. The largest absolute Gasteiger partial charge is 0.454 e. The third-order valence-electron chi connectivity index (χ3n) is 3.83. The molecule has 0 N–H and O–H groups in total. The Morgan fingerprint density at radius 3 is 3.16 bits per heavy atom. The Bertz CT molecular complexity index is 486. The van der Waals surface area contributed by atoms with E-state index in [9.17, 15) is 4.79 Å². The molecule has 1 atom stereocenters. The van der Waals surface area contributed by atoms with E-state index in [1.54, 1.807) is 0 Å². The predicted molar refractivity (Wildman–Crippen MR) is 71.2 cm³/mol. The molecule has 1 aromatic rings. The lowest BCUT2D eigenvalue weighted by molar-refractivity contribution is -0.132. The summed E-state index contributed by atoms with van der Waals surface area (Å²) in [5.74, 6) is 2.28. The number of piperidine rings is 1. The summed E-state index contributed by atoms with van der Waals surface area (Å²) < 4.78 is 10.8. The molecule has 2 aliphatic rings. The van der Waals surface area contributed by atoms with Gasteiger partial charge in [0.25, 0.3) is 0 Å². The molecular weight excluding hydrogens is 242 g/mol. The summed E-state index contributed by atoms with van der Waals surface area (Å²) in [6, 6.07) is 5.73. The summed E-state index contributed by atoms with van der Waals surface area (Å²) in [7, 11) is 0. The number of nitrogens with zero attached hydrogens (tertiary/aromatic N) is 1. The number of benzene rings is 1. The van der Waals surface area contributed by atoms with Crippen LogP contribution in [0, 0.1) is 5.92 Å². The molecule has 0 saturated carbocycles. The van der Waals surface area contributed by atoms with E-state index in [4.69, 9.17) is 9.47 Å². The third-order valence-corrected chi connectivity index (χ3v) is 3.83. The van der Waals surface area contributed by atoms with E-state index >= 15 is 0 Å². The fourth-order valence-electron chi connectivity index (χ4n) is 2.82. The Morgan fingerprint density at radius 2 is 2.32 bits per heavy atom. The minimum absolute atomic E-state index is 0.190. The second-order valence-corrected chi connectivity index (χ2v) is 5.41. The Morgan fingerprint density at radius 1 is 1.42 bits per heavy atom. The monoisotopic (exact) mass is 261 g/mol. The first kappa shape index (κ1) is 12.3. The fraction of sp³-hybridized carbons (Fsp3) is 0.533. The number of carbonyl (C=O) groups is 1. The minimum Gasteiger partial charge on any atom is -0.454 e. The molecule has 4 heteroatoms. The van der Waals surface area contributed by atoms with Crippen molar-refractivity contribution in [1.29, 1.82) is 0 Å². The van der Waals surface area contributed by atoms with E-state index in [1.165, 1.54) is 6.42 Å². The van der Waals surface area contributed by atoms with Gasteiger partial charge in [0.1, 0.15) is 0 Å². The molecule has 3 rings (SSSR count). The van der Waals surface area contributed by atoms with Gasteiger partial charge in [-0.1, -0.05) is 19.1 Å². The van der Waals surface area contributed by atoms with Crippen LogP contribution in [0.15, 0.2) is 18.2 Å². The lowest BCUT2D eigenvalue weighted by Crippen LogP contribution is -2.39. The van der Waals surface area contributed by atoms with Crippen molar-refractivity contribution in [3.05, 3.63) is 23.8 Å². The van der Waals surface area contributed by atoms with Gasteiger partial charge in [-0.3, -0.25) is 4.79 Å². The van der Waals surface area contributed by atoms with Gasteiger partial charge in [0.15, 0.2) is 11.5 Å². The van der Waals surface area contributed by atoms with Crippen LogP contribution in [0.4, 0.5) is 0 Å². The van der Waals surface area contributed by atoms with Crippen LogP contribution in [0.1, 0.15) is 25.3 Å². The average Bonchev–Trinajstić information content (AvgIpc) is 2.88. The first-order valence-corrected chi connectivity index (χ1v) is 6.89. The van der Waals surface area contributed by atoms with Gasteiger partial charge in [-0.15, -0.1) is 0 Å². The van der Waals surface area contributed by atoms with Crippen molar-refractivity contribution in [2.75, 3.05) is 19.9 Å². The molecule has 1 unspecified atom stereocenters. The number of para-hydroxylation sites is 1. The van der Waals surface area contributed by atoms with Crippen molar-refractivity contribution >= 4 is 5.91 Å². The Labute approximate surface area is 113 Å². The Hall–Kier alpha value is -1.71. The van der Waals surface area contributed by atoms with E-state index in [1.807, 2.05) is 23.1 Å². The molecule has 1 saturated heterocycles. The lowest BCUT2D eigenvalue weighted by atomic mass is 9.99. The standard InChI is InChI=1S/C15H19NO3/c1-11-4-3-7-16(9-11)14(17)8-12-5-2-6-13-15(12)19-10-18-13/h2,5-6,11H,3-4,7-10H2,1H3. The summed E-state index contributed by atoms with van der Waals surface area (Å²) in [5.41, 5.74) is 0.929. The van der Waals surface area contributed by atoms with Crippen molar-refractivity contribution in [2.45, 2.75) is 26.2 Å². The summed E-state index contributed by atoms with van der Waals surface area (Å²) >= 11 is 0. The van der Waals surface area contributed by atoms with E-state index in [-0.39, 0.29) is 12.7 Å². The maximum atomic E-state index is 12.3. The molecule has 2 heterocycles. The highest BCUT2D eigenvalue weighted by atomic mass is 16.7. The van der Waals surface area contributed by atoms with Crippen LogP contribution < -0.4 is 9.47 Å². The van der Waals surface area contributed by atoms with Gasteiger partial charge in [-0.25, -0.2) is 0 Å². The van der Waals surface area contributed by atoms with Gasteiger partial charge >= 0.3 is 0 Å². The molecule has 19 heavy (non-hydrogen) atoms. The zero-order chi connectivity index (χ0) is 13.2. The molecule has 1 aromatic carbocycles. The maximum absolute atomic E-state index is 12.3. The van der Waals surface area contributed by atoms with Crippen LogP contribution in [-0.4, -0.2) is 30.7 Å². The van der Waals surface area contributed by atoms with Crippen molar-refractivity contribution in [3.8, 4) is 11.5 Å². The predicted octanol–water partition coefficient (Wildman–Crippen LogP) is 2.22. The highest BCUT2D eigenvalue weighted by Crippen LogP contribution is 2.35. The smallest absolute Gasteiger partial charge is 0.231 e. The van der Waals surface area contributed by atoms with Crippen LogP contribution >= 0.6 is 0 Å². The minimum atomic E-state index is 0.190. The van der Waals surface area contributed by atoms with Gasteiger partial charge < -0.3 is 14.4 Å². The van der Waals surface area contributed by atoms with Crippen LogP contribution in [0.5, 0.6) is 11.5 Å². The van der Waals surface area contributed by atoms with Crippen LogP contribution in [-0.2, 0) is 11.2 Å². The zero-order valence-corrected chi connectivity index (χ0v) is 11.2. The molecule has 0 aliphatic carbocycles. The molecule has 4 nitrogen and oxygen atoms in total. The Balaban J connectivity index is 1.71. The molecule has 0 spiro atoms. The van der Waals surface area contributed by atoms with Crippen molar-refractivity contribution < 1.29 is 14.3 Å². The van der Waals surface area contributed by atoms with Gasteiger partial charge in [0.2, 0.25) is 12.7 Å². The molecule has 0 aromatic heterocycles. The van der Waals surface area contributed by atoms with Crippen LogP contribution in [0.3, 0.4) is 0 Å². The summed E-state index contributed by atoms with van der Waals surface area (Å²) in [4.78, 5) is 14.3. The molecular formula is C15H19NO3. The number of fused-ring (bicyclic) bond motifs is 1. The molecule has 1 amide bonds. The van der Waals surface area contributed by atoms with Gasteiger partial charge in [0, 0.05) is 18.7 Å². The summed E-state index contributed by atoms with van der Waals surface area (Å²) in [6.07, 6.45) is 2.74. The summed E-state index contributed by atoms with van der Waals surface area (Å²) in [6.45, 7) is 4.22. The number of hydrogen-bond acceptors (Lipinski definition) is 3. The van der Waals surface area contributed by atoms with Crippen LogP contribution in [0.25, 0.3) is 0 Å². The average molecular weight is 261 g/mol. The van der Waals surface area contributed by atoms with E-state index in [2.05, 4.69) is 6.92 Å². The topological polar surface area (TPSA) is 38.8 Å². The van der Waals surface area contributed by atoms with E-state index in [0.717, 1.165) is 36.6 Å². The second-order valence-electron chi connectivity index (χ2n) is 5.41. The molecule has 102 valence electrons. The number of likely N-dealkylation sites (tertiary alicyclic amines) is 1. The number of amides is 1. The number of ether oxygens (including phenoxy) is 2. The SMILES string of the molecule is CC1CCCN(C(=O)Cc2cccc3c2OCO3)C1. The second kappa shape index (κ2) is 5.11. The van der Waals surface area contributed by atoms with Crippen molar-refractivity contribution in [2.24, 2.45) is 5.92 Å². The number of hydrogen-bond donors (Lipinski definition) is 0. The van der Waals surface area contributed by atoms with Gasteiger partial charge in [0.05, 0.1) is 6.42 Å². The molecule has 2 aliphatic heterocycles. The zero-order valence-electron chi connectivity index (χ0n) is 11.2. The maximum Gasteiger partial charge on any atom is 0.231 e. The van der Waals surface area contributed by atoms with Crippen molar-refractivity contribution in [1.82, 2.24) is 4.90 Å². The molecule has 0 bridgehead atoms. The number of carbonyl (C=O) groups excluding carboxylic acids is 1. The van der Waals surface area contributed by atoms with E-state index < -0.39 is 0 Å². The highest BCUT2D eigenvalue weighted by Gasteiger charge is 2.24. The first-order chi connectivity index (χ1) is 9.24. The van der Waals surface area contributed by atoms with Crippen LogP contribution in [0.2, 0.25) is 0 Å². The molecule has 0 radical (unpaired) electrons. The lowest BCUT2D eigenvalue weighted by Gasteiger charge is -2.31. The Kier molecular flexibility index (Phi) is 3.32. The van der Waals surface area contributed by atoms with Crippen molar-refractivity contribution in [3.63, 3.8) is 0 Å². The summed E-state index contributed by atoms with van der Waals surface area (Å²) in [5, 5.41) is 0. The molecule has 1 fully saturated rings. The quantitative estimate of drug-likeness (QED) is 0.819. The first-order valence-electron chi connectivity index (χ1n) is 6.89. The normalized spacial score (nSPS) is 21.5.